The average molecular weight is 398 g/mol. The van der Waals surface area contributed by atoms with Crippen LogP contribution in [0.1, 0.15) is 22.3 Å². The lowest BCUT2D eigenvalue weighted by molar-refractivity contribution is 0.854. The lowest BCUT2D eigenvalue weighted by Crippen LogP contribution is -2.11. The number of thiazole rings is 1. The highest BCUT2D eigenvalue weighted by Gasteiger charge is 2.07. The molecule has 0 N–H and O–H groups in total. The van der Waals surface area contributed by atoms with Crippen molar-refractivity contribution in [2.45, 2.75) is 20.8 Å². The Hall–Kier alpha value is -3.24. The fraction of sp³-hybridized carbons (Fsp3) is 0.120. The molecule has 0 saturated heterocycles. The number of aryl methyl sites for hydroxylation is 3. The molecule has 0 radical (unpaired) electrons. The Morgan fingerprint density at radius 2 is 1.62 bits per heavy atom. The van der Waals surface area contributed by atoms with Gasteiger partial charge in [-0.25, -0.2) is 9.67 Å². The summed E-state index contributed by atoms with van der Waals surface area (Å²) < 4.78 is 1.93. The van der Waals surface area contributed by atoms with E-state index in [0.29, 0.717) is 0 Å². The van der Waals surface area contributed by atoms with Gasteiger partial charge in [-0.05, 0) is 49.6 Å². The number of hydrogen-bond donors (Lipinski definition) is 0. The number of rotatable bonds is 4. The Balaban J connectivity index is 1.85. The van der Waals surface area contributed by atoms with Crippen LogP contribution < -0.4 is 4.80 Å². The summed E-state index contributed by atoms with van der Waals surface area (Å²) in [5.41, 5.74) is 7.84. The molecule has 0 amide bonds. The molecule has 0 atom stereocenters. The molecular weight excluding hydrogens is 374 g/mol. The predicted octanol–water partition coefficient (Wildman–Crippen LogP) is 6.26. The monoisotopic (exact) mass is 397 g/mol. The van der Waals surface area contributed by atoms with E-state index in [9.17, 15) is 0 Å². The Labute approximate surface area is 175 Å². The van der Waals surface area contributed by atoms with Crippen LogP contribution >= 0.6 is 11.3 Å². The van der Waals surface area contributed by atoms with Crippen LogP contribution in [0.5, 0.6) is 0 Å². The molecule has 0 unspecified atom stereocenters. The van der Waals surface area contributed by atoms with Crippen molar-refractivity contribution in [1.82, 2.24) is 4.68 Å². The molecule has 3 nitrogen and oxygen atoms in total. The fourth-order valence-electron chi connectivity index (χ4n) is 3.19. The minimum atomic E-state index is 0.843. The van der Waals surface area contributed by atoms with E-state index in [1.165, 1.54) is 16.7 Å². The molecule has 0 aliphatic carbocycles. The molecule has 0 aliphatic heterocycles. The van der Waals surface area contributed by atoms with E-state index in [0.717, 1.165) is 27.3 Å². The quantitative estimate of drug-likeness (QED) is 0.364. The largest absolute Gasteiger partial charge is 0.220 e. The van der Waals surface area contributed by atoms with Gasteiger partial charge in [-0.1, -0.05) is 66.2 Å². The van der Waals surface area contributed by atoms with E-state index in [-0.39, 0.29) is 0 Å². The van der Waals surface area contributed by atoms with E-state index in [2.05, 4.69) is 68.6 Å². The van der Waals surface area contributed by atoms with Gasteiger partial charge >= 0.3 is 0 Å². The predicted molar refractivity (Wildman–Crippen MR) is 123 cm³/mol. The molecule has 0 aliphatic rings. The zero-order valence-electron chi connectivity index (χ0n) is 16.8. The van der Waals surface area contributed by atoms with Crippen LogP contribution in [-0.4, -0.2) is 10.9 Å². The van der Waals surface area contributed by atoms with Gasteiger partial charge in [0.05, 0.1) is 17.6 Å². The van der Waals surface area contributed by atoms with Gasteiger partial charge in [-0.3, -0.25) is 0 Å². The average Bonchev–Trinajstić information content (AvgIpc) is 3.10. The zero-order chi connectivity index (χ0) is 20.2. The summed E-state index contributed by atoms with van der Waals surface area (Å²) in [6, 6.07) is 24.9. The van der Waals surface area contributed by atoms with Crippen molar-refractivity contribution in [2.75, 3.05) is 0 Å². The van der Waals surface area contributed by atoms with Crippen molar-refractivity contribution in [3.8, 4) is 11.3 Å². The van der Waals surface area contributed by atoms with Gasteiger partial charge in [-0.2, -0.15) is 5.10 Å². The van der Waals surface area contributed by atoms with Gasteiger partial charge in [0.15, 0.2) is 0 Å². The van der Waals surface area contributed by atoms with Crippen molar-refractivity contribution < 1.29 is 0 Å². The highest BCUT2D eigenvalue weighted by molar-refractivity contribution is 7.07. The summed E-state index contributed by atoms with van der Waals surface area (Å²) in [5, 5.41) is 6.94. The van der Waals surface area contributed by atoms with E-state index in [4.69, 9.17) is 10.1 Å². The summed E-state index contributed by atoms with van der Waals surface area (Å²) in [4.78, 5) is 5.71. The lowest BCUT2D eigenvalue weighted by Gasteiger charge is -2.05. The Kier molecular flexibility index (Phi) is 5.54. The molecule has 1 heterocycles. The first-order valence-corrected chi connectivity index (χ1v) is 10.5. The van der Waals surface area contributed by atoms with Crippen molar-refractivity contribution in [1.29, 1.82) is 0 Å². The maximum Gasteiger partial charge on any atom is 0.211 e. The first kappa shape index (κ1) is 19.1. The van der Waals surface area contributed by atoms with Crippen LogP contribution in [0.3, 0.4) is 0 Å². The molecule has 0 spiro atoms. The third-order valence-electron chi connectivity index (χ3n) is 4.72. The molecule has 1 aromatic heterocycles. The van der Waals surface area contributed by atoms with Crippen LogP contribution in [0.25, 0.3) is 11.3 Å². The molecule has 144 valence electrons. The van der Waals surface area contributed by atoms with Crippen LogP contribution in [0, 0.1) is 20.8 Å². The van der Waals surface area contributed by atoms with Gasteiger partial charge in [0.2, 0.25) is 4.80 Å². The molecule has 29 heavy (non-hydrogen) atoms. The lowest BCUT2D eigenvalue weighted by atomic mass is 10.1. The van der Waals surface area contributed by atoms with E-state index in [1.807, 2.05) is 41.2 Å². The van der Waals surface area contributed by atoms with Crippen LogP contribution in [0.15, 0.2) is 88.3 Å². The first-order valence-electron chi connectivity index (χ1n) is 9.59. The van der Waals surface area contributed by atoms with Crippen molar-refractivity contribution in [3.63, 3.8) is 0 Å². The van der Waals surface area contributed by atoms with Crippen LogP contribution in [-0.2, 0) is 0 Å². The minimum absolute atomic E-state index is 0.843. The SMILES string of the molecule is Cc1cccc(N=c2scc(-c3ccccc3)n2/N=C\c2ccc(C)cc2C)c1. The van der Waals surface area contributed by atoms with Crippen molar-refractivity contribution >= 4 is 23.2 Å². The third kappa shape index (κ3) is 4.44. The van der Waals surface area contributed by atoms with Crippen molar-refractivity contribution in [3.05, 3.63) is 105 Å². The Morgan fingerprint density at radius 1 is 0.828 bits per heavy atom. The first-order chi connectivity index (χ1) is 14.1. The molecule has 4 aromatic rings. The van der Waals surface area contributed by atoms with Gasteiger partial charge < -0.3 is 0 Å². The topological polar surface area (TPSA) is 29.6 Å². The molecule has 0 saturated carbocycles. The highest BCUT2D eigenvalue weighted by Crippen LogP contribution is 2.21. The van der Waals surface area contributed by atoms with Crippen molar-refractivity contribution in [2.24, 2.45) is 10.1 Å². The normalized spacial score (nSPS) is 12.0. The molecule has 3 aromatic carbocycles. The number of benzene rings is 3. The molecular formula is C25H23N3S. The number of hydrogen-bond acceptors (Lipinski definition) is 3. The molecule has 0 fully saturated rings. The molecule has 4 rings (SSSR count). The summed E-state index contributed by atoms with van der Waals surface area (Å²) in [7, 11) is 0. The van der Waals surface area contributed by atoms with Gasteiger partial charge in [0.25, 0.3) is 0 Å². The van der Waals surface area contributed by atoms with E-state index in [1.54, 1.807) is 11.3 Å². The molecule has 4 heteroatoms. The molecule has 0 bridgehead atoms. The van der Waals surface area contributed by atoms with Gasteiger partial charge in [0, 0.05) is 10.9 Å². The Morgan fingerprint density at radius 3 is 2.38 bits per heavy atom. The summed E-state index contributed by atoms with van der Waals surface area (Å²) in [6.07, 6.45) is 1.92. The van der Waals surface area contributed by atoms with Crippen LogP contribution in [0.2, 0.25) is 0 Å². The minimum Gasteiger partial charge on any atom is -0.220 e. The summed E-state index contributed by atoms with van der Waals surface area (Å²) in [6.45, 7) is 6.30. The van der Waals surface area contributed by atoms with Gasteiger partial charge in [0.1, 0.15) is 0 Å². The van der Waals surface area contributed by atoms with Gasteiger partial charge in [-0.15, -0.1) is 11.3 Å². The number of nitrogens with zero attached hydrogens (tertiary/aromatic N) is 3. The fourth-order valence-corrected chi connectivity index (χ4v) is 4.05. The standard InChI is InChI=1S/C25H23N3S/c1-18-8-7-11-23(15-18)27-25-28(24(17-29-25)21-9-5-4-6-10-21)26-16-22-13-12-19(2)14-20(22)3/h4-17H,1-3H3/b26-16-,27-25?. The highest BCUT2D eigenvalue weighted by atomic mass is 32.1. The smallest absolute Gasteiger partial charge is 0.211 e. The van der Waals surface area contributed by atoms with E-state index < -0.39 is 0 Å². The number of aromatic nitrogens is 1. The third-order valence-corrected chi connectivity index (χ3v) is 5.54. The summed E-state index contributed by atoms with van der Waals surface area (Å²) >= 11 is 1.60. The second-order valence-electron chi connectivity index (χ2n) is 7.14. The maximum atomic E-state index is 4.86. The Bertz CT molecular complexity index is 1230. The second kappa shape index (κ2) is 8.41. The summed E-state index contributed by atoms with van der Waals surface area (Å²) in [5.74, 6) is 0. The second-order valence-corrected chi connectivity index (χ2v) is 7.97. The van der Waals surface area contributed by atoms with Crippen LogP contribution in [0.4, 0.5) is 5.69 Å². The van der Waals surface area contributed by atoms with E-state index >= 15 is 0 Å². The maximum absolute atomic E-state index is 4.86. The zero-order valence-corrected chi connectivity index (χ0v) is 17.6.